The monoisotopic (exact) mass is 282 g/mol. The van der Waals surface area contributed by atoms with Gasteiger partial charge in [-0.1, -0.05) is 13.8 Å². The second-order valence-corrected chi connectivity index (χ2v) is 4.94. The van der Waals surface area contributed by atoms with Gasteiger partial charge in [0.05, 0.1) is 13.7 Å². The molecule has 1 aromatic heterocycles. The van der Waals surface area contributed by atoms with E-state index in [2.05, 4.69) is 34.0 Å². The van der Waals surface area contributed by atoms with Crippen molar-refractivity contribution in [2.75, 3.05) is 50.7 Å². The van der Waals surface area contributed by atoms with Crippen LogP contribution in [0.4, 0.5) is 11.6 Å². The minimum Gasteiger partial charge on any atom is -0.490 e. The maximum Gasteiger partial charge on any atom is 0.204 e. The third-order valence-corrected chi connectivity index (χ3v) is 2.78. The fourth-order valence-electron chi connectivity index (χ4n) is 2.00. The van der Waals surface area contributed by atoms with E-state index < -0.39 is 0 Å². The van der Waals surface area contributed by atoms with Gasteiger partial charge in [0, 0.05) is 26.7 Å². The molecule has 0 aromatic carbocycles. The van der Waals surface area contributed by atoms with Crippen molar-refractivity contribution in [1.29, 1.82) is 0 Å². The smallest absolute Gasteiger partial charge is 0.204 e. The Morgan fingerprint density at radius 2 is 2.05 bits per heavy atom. The molecule has 0 saturated carbocycles. The molecule has 20 heavy (non-hydrogen) atoms. The Hall–Kier alpha value is -1.56. The van der Waals surface area contributed by atoms with Gasteiger partial charge in [-0.05, 0) is 12.8 Å². The summed E-state index contributed by atoms with van der Waals surface area (Å²) >= 11 is 0. The Morgan fingerprint density at radius 1 is 1.30 bits per heavy atom. The van der Waals surface area contributed by atoms with Crippen LogP contribution in [0.25, 0.3) is 0 Å². The van der Waals surface area contributed by atoms with E-state index in [0.717, 1.165) is 31.3 Å². The van der Waals surface area contributed by atoms with Gasteiger partial charge < -0.3 is 19.7 Å². The average molecular weight is 282 g/mol. The molecule has 6 heteroatoms. The topological polar surface area (TPSA) is 59.5 Å². The lowest BCUT2D eigenvalue weighted by Crippen LogP contribution is -2.32. The van der Waals surface area contributed by atoms with E-state index in [1.807, 2.05) is 6.92 Å². The Morgan fingerprint density at radius 3 is 2.60 bits per heavy atom. The first-order chi connectivity index (χ1) is 9.63. The molecule has 1 N–H and O–H groups in total. The molecule has 0 unspecified atom stereocenters. The number of aromatic nitrogens is 2. The number of hydrogen-bond acceptors (Lipinski definition) is 6. The molecule has 0 aliphatic rings. The molecule has 0 bridgehead atoms. The van der Waals surface area contributed by atoms with Crippen LogP contribution < -0.4 is 15.0 Å². The predicted molar refractivity (Wildman–Crippen MR) is 81.7 cm³/mol. The number of hydrogen-bond donors (Lipinski definition) is 1. The van der Waals surface area contributed by atoms with Crippen LogP contribution in [0, 0.1) is 5.92 Å². The maximum atomic E-state index is 5.50. The lowest BCUT2D eigenvalue weighted by atomic mass is 10.2. The van der Waals surface area contributed by atoms with Crippen molar-refractivity contribution in [3.05, 3.63) is 6.33 Å². The van der Waals surface area contributed by atoms with Crippen molar-refractivity contribution < 1.29 is 9.47 Å². The van der Waals surface area contributed by atoms with E-state index in [1.54, 1.807) is 20.5 Å². The molecule has 0 aliphatic carbocycles. The van der Waals surface area contributed by atoms with E-state index in [0.29, 0.717) is 18.3 Å². The summed E-state index contributed by atoms with van der Waals surface area (Å²) in [6.07, 6.45) is 1.57. The quantitative estimate of drug-likeness (QED) is 0.748. The van der Waals surface area contributed by atoms with E-state index in [4.69, 9.17) is 9.47 Å². The van der Waals surface area contributed by atoms with E-state index in [9.17, 15) is 0 Å². The highest BCUT2D eigenvalue weighted by atomic mass is 16.5. The summed E-state index contributed by atoms with van der Waals surface area (Å²) in [6, 6.07) is 0. The van der Waals surface area contributed by atoms with Crippen LogP contribution in [-0.2, 0) is 4.74 Å². The van der Waals surface area contributed by atoms with Crippen molar-refractivity contribution in [2.24, 2.45) is 5.92 Å². The number of rotatable bonds is 9. The molecule has 0 radical (unpaired) electrons. The number of anilines is 2. The van der Waals surface area contributed by atoms with Crippen LogP contribution in [0.1, 0.15) is 20.8 Å². The highest BCUT2D eigenvalue weighted by Gasteiger charge is 2.18. The highest BCUT2D eigenvalue weighted by molar-refractivity contribution is 5.64. The Kier molecular flexibility index (Phi) is 7.08. The number of nitrogens with zero attached hydrogens (tertiary/aromatic N) is 3. The third kappa shape index (κ3) is 4.52. The zero-order chi connectivity index (χ0) is 15.0. The Balaban J connectivity index is 3.06. The first kappa shape index (κ1) is 16.5. The zero-order valence-corrected chi connectivity index (χ0v) is 13.1. The van der Waals surface area contributed by atoms with Gasteiger partial charge in [-0.25, -0.2) is 9.97 Å². The predicted octanol–water partition coefficient (Wildman–Crippen LogP) is 2.03. The Labute approximate surface area is 121 Å². The molecule has 1 rings (SSSR count). The average Bonchev–Trinajstić information content (AvgIpc) is 2.43. The van der Waals surface area contributed by atoms with Crippen molar-refractivity contribution in [3.8, 4) is 5.75 Å². The number of nitrogens with one attached hydrogen (secondary N) is 1. The SMILES string of the molecule is CCNc1ncnc(N(CCOC)CC(C)C)c1OC. The standard InChI is InChI=1S/C14H26N4O2/c1-6-15-13-12(20-5)14(17-10-16-13)18(7-8-19-4)9-11(2)3/h10-11H,6-9H2,1-5H3,(H,15,16,17). The molecule has 6 nitrogen and oxygen atoms in total. The zero-order valence-electron chi connectivity index (χ0n) is 13.1. The largest absolute Gasteiger partial charge is 0.490 e. The molecular formula is C14H26N4O2. The number of ether oxygens (including phenoxy) is 2. The molecule has 114 valence electrons. The fraction of sp³-hybridized carbons (Fsp3) is 0.714. The summed E-state index contributed by atoms with van der Waals surface area (Å²) in [7, 11) is 3.35. The van der Waals surface area contributed by atoms with Crippen LogP contribution in [0.15, 0.2) is 6.33 Å². The van der Waals surface area contributed by atoms with Crippen molar-refractivity contribution in [1.82, 2.24) is 9.97 Å². The molecular weight excluding hydrogens is 256 g/mol. The van der Waals surface area contributed by atoms with Crippen LogP contribution in [-0.4, -0.2) is 50.4 Å². The molecule has 0 saturated heterocycles. The molecule has 0 spiro atoms. The summed E-state index contributed by atoms with van der Waals surface area (Å²) in [5.41, 5.74) is 0. The third-order valence-electron chi connectivity index (χ3n) is 2.78. The van der Waals surface area contributed by atoms with Gasteiger partial charge in [-0.15, -0.1) is 0 Å². The molecule has 1 heterocycles. The van der Waals surface area contributed by atoms with E-state index in [1.165, 1.54) is 0 Å². The van der Waals surface area contributed by atoms with Crippen LogP contribution in [0.5, 0.6) is 5.75 Å². The van der Waals surface area contributed by atoms with Gasteiger partial charge in [-0.2, -0.15) is 0 Å². The summed E-state index contributed by atoms with van der Waals surface area (Å²) in [4.78, 5) is 10.8. The van der Waals surface area contributed by atoms with Gasteiger partial charge in [0.15, 0.2) is 11.6 Å². The second-order valence-electron chi connectivity index (χ2n) is 4.94. The van der Waals surface area contributed by atoms with Crippen LogP contribution in [0.3, 0.4) is 0 Å². The molecule has 0 atom stereocenters. The second kappa shape index (κ2) is 8.58. The lowest BCUT2D eigenvalue weighted by Gasteiger charge is -2.27. The minimum atomic E-state index is 0.522. The summed E-state index contributed by atoms with van der Waals surface area (Å²) in [5, 5.41) is 3.20. The normalized spacial score (nSPS) is 10.7. The molecule has 1 aromatic rings. The Bertz CT molecular complexity index is 399. The maximum absolute atomic E-state index is 5.50. The number of methoxy groups -OCH3 is 2. The van der Waals surface area contributed by atoms with Crippen molar-refractivity contribution >= 4 is 11.6 Å². The molecule has 0 fully saturated rings. The first-order valence-corrected chi connectivity index (χ1v) is 7.00. The highest BCUT2D eigenvalue weighted by Crippen LogP contribution is 2.32. The van der Waals surface area contributed by atoms with Crippen LogP contribution >= 0.6 is 0 Å². The molecule has 0 amide bonds. The van der Waals surface area contributed by atoms with E-state index in [-0.39, 0.29) is 0 Å². The van der Waals surface area contributed by atoms with Gasteiger partial charge in [-0.3, -0.25) is 0 Å². The van der Waals surface area contributed by atoms with Gasteiger partial charge in [0.25, 0.3) is 0 Å². The van der Waals surface area contributed by atoms with Crippen molar-refractivity contribution in [3.63, 3.8) is 0 Å². The van der Waals surface area contributed by atoms with Gasteiger partial charge in [0.2, 0.25) is 5.75 Å². The lowest BCUT2D eigenvalue weighted by molar-refractivity contribution is 0.204. The summed E-state index contributed by atoms with van der Waals surface area (Å²) in [5.74, 6) is 2.75. The molecule has 0 aliphatic heterocycles. The minimum absolute atomic E-state index is 0.522. The first-order valence-electron chi connectivity index (χ1n) is 7.00. The van der Waals surface area contributed by atoms with Crippen LogP contribution in [0.2, 0.25) is 0 Å². The van der Waals surface area contributed by atoms with Crippen molar-refractivity contribution in [2.45, 2.75) is 20.8 Å². The summed E-state index contributed by atoms with van der Waals surface area (Å²) in [6.45, 7) is 9.48. The van der Waals surface area contributed by atoms with E-state index >= 15 is 0 Å². The van der Waals surface area contributed by atoms with Gasteiger partial charge in [0.1, 0.15) is 6.33 Å². The van der Waals surface area contributed by atoms with Gasteiger partial charge >= 0.3 is 0 Å². The fourth-order valence-corrected chi connectivity index (χ4v) is 2.00. The summed E-state index contributed by atoms with van der Waals surface area (Å²) < 4.78 is 10.7.